The fourth-order valence-corrected chi connectivity index (χ4v) is 4.51. The summed E-state index contributed by atoms with van der Waals surface area (Å²) >= 11 is 2.24. The van der Waals surface area contributed by atoms with Crippen molar-refractivity contribution in [3.63, 3.8) is 0 Å². The van der Waals surface area contributed by atoms with Crippen LogP contribution in [-0.4, -0.2) is 58.7 Å². The molecule has 0 radical (unpaired) electrons. The number of nitrogens with zero attached hydrogens (tertiary/aromatic N) is 3. The zero-order valence-electron chi connectivity index (χ0n) is 18.7. The first-order valence-corrected chi connectivity index (χ1v) is 12.0. The van der Waals surface area contributed by atoms with Gasteiger partial charge in [-0.25, -0.2) is 4.79 Å². The zero-order chi connectivity index (χ0) is 24.7. The van der Waals surface area contributed by atoms with Crippen LogP contribution < -0.4 is 10.1 Å². The second-order valence-electron chi connectivity index (χ2n) is 6.82. The number of rotatable bonds is 9. The standard InChI is InChI=1S/C21H22N4O7S2/c1-4-31-20(29)13-5-6-14-15(8-13)34-21(25(14)9-19(28)30-3)23-18(27)11-33-10-17(26)22-16-7-12(2)32-24-16/h5-8H,4,9-11H2,1-3H3,(H,22,24,26). The van der Waals surface area contributed by atoms with Gasteiger partial charge in [-0.1, -0.05) is 16.5 Å². The van der Waals surface area contributed by atoms with Gasteiger partial charge in [0.2, 0.25) is 5.91 Å². The Morgan fingerprint density at radius 2 is 2.03 bits per heavy atom. The third-order valence-corrected chi connectivity index (χ3v) is 6.24. The summed E-state index contributed by atoms with van der Waals surface area (Å²) in [6, 6.07) is 6.45. The molecule has 0 aliphatic carbocycles. The molecular weight excluding hydrogens is 484 g/mol. The normalized spacial score (nSPS) is 11.4. The van der Waals surface area contributed by atoms with Gasteiger partial charge in [0.25, 0.3) is 5.91 Å². The SMILES string of the molecule is CCOC(=O)c1ccc2c(c1)sc(=NC(=O)CSCC(=O)Nc1cc(C)on1)n2CC(=O)OC. The molecule has 1 aromatic carbocycles. The minimum atomic E-state index is -0.516. The summed E-state index contributed by atoms with van der Waals surface area (Å²) in [5.74, 6) is -0.966. The number of carbonyl (C=O) groups excluding carboxylic acids is 4. The van der Waals surface area contributed by atoms with E-state index in [0.717, 1.165) is 23.1 Å². The molecule has 34 heavy (non-hydrogen) atoms. The Labute approximate surface area is 202 Å². The second-order valence-corrected chi connectivity index (χ2v) is 8.81. The summed E-state index contributed by atoms with van der Waals surface area (Å²) in [5, 5.41) is 6.24. The molecule has 180 valence electrons. The van der Waals surface area contributed by atoms with E-state index in [4.69, 9.17) is 14.0 Å². The molecule has 0 spiro atoms. The van der Waals surface area contributed by atoms with Crippen LogP contribution in [0.4, 0.5) is 5.82 Å². The lowest BCUT2D eigenvalue weighted by atomic mass is 10.2. The zero-order valence-corrected chi connectivity index (χ0v) is 20.3. The molecule has 13 heteroatoms. The van der Waals surface area contributed by atoms with E-state index >= 15 is 0 Å². The molecule has 0 aliphatic rings. The fraction of sp³-hybridized carbons (Fsp3) is 0.333. The van der Waals surface area contributed by atoms with Gasteiger partial charge in [-0.15, -0.1) is 11.8 Å². The number of methoxy groups -OCH3 is 1. The number of amides is 2. The molecule has 0 saturated heterocycles. The second kappa shape index (κ2) is 11.6. The van der Waals surface area contributed by atoms with Gasteiger partial charge in [-0.3, -0.25) is 14.4 Å². The molecule has 0 fully saturated rings. The van der Waals surface area contributed by atoms with E-state index < -0.39 is 17.8 Å². The third kappa shape index (κ3) is 6.54. The number of aromatic nitrogens is 2. The highest BCUT2D eigenvalue weighted by molar-refractivity contribution is 8.00. The fourth-order valence-electron chi connectivity index (χ4n) is 2.82. The van der Waals surface area contributed by atoms with Crippen LogP contribution in [0.25, 0.3) is 10.2 Å². The van der Waals surface area contributed by atoms with Crippen LogP contribution in [0.3, 0.4) is 0 Å². The highest BCUT2D eigenvalue weighted by Crippen LogP contribution is 2.20. The number of aryl methyl sites for hydroxylation is 1. The lowest BCUT2D eigenvalue weighted by Crippen LogP contribution is -2.23. The summed E-state index contributed by atoms with van der Waals surface area (Å²) in [7, 11) is 1.26. The van der Waals surface area contributed by atoms with E-state index in [0.29, 0.717) is 27.4 Å². The largest absolute Gasteiger partial charge is 0.468 e. The first-order chi connectivity index (χ1) is 16.3. The molecule has 2 aromatic heterocycles. The minimum absolute atomic E-state index is 0.0185. The topological polar surface area (TPSA) is 142 Å². The molecule has 1 N–H and O–H groups in total. The molecule has 11 nitrogen and oxygen atoms in total. The minimum Gasteiger partial charge on any atom is -0.468 e. The summed E-state index contributed by atoms with van der Waals surface area (Å²) in [6.07, 6.45) is 0. The van der Waals surface area contributed by atoms with Crippen LogP contribution in [0, 0.1) is 6.92 Å². The number of thioether (sulfide) groups is 1. The number of esters is 2. The highest BCUT2D eigenvalue weighted by Gasteiger charge is 2.15. The average Bonchev–Trinajstić information content (AvgIpc) is 3.35. The number of ether oxygens (including phenoxy) is 2. The van der Waals surface area contributed by atoms with E-state index in [1.165, 1.54) is 7.11 Å². The maximum Gasteiger partial charge on any atom is 0.338 e. The molecule has 0 bridgehead atoms. The molecule has 0 atom stereocenters. The lowest BCUT2D eigenvalue weighted by Gasteiger charge is -2.05. The Morgan fingerprint density at radius 3 is 2.71 bits per heavy atom. The van der Waals surface area contributed by atoms with Crippen LogP contribution in [-0.2, 0) is 30.4 Å². The number of anilines is 1. The first-order valence-electron chi connectivity index (χ1n) is 10.1. The molecular formula is C21H22N4O7S2. The molecule has 0 unspecified atom stereocenters. The van der Waals surface area contributed by atoms with Crippen LogP contribution in [0.1, 0.15) is 23.0 Å². The van der Waals surface area contributed by atoms with Crippen molar-refractivity contribution in [2.45, 2.75) is 20.4 Å². The van der Waals surface area contributed by atoms with Crippen molar-refractivity contribution in [1.82, 2.24) is 9.72 Å². The Bertz CT molecular complexity index is 1290. The van der Waals surface area contributed by atoms with Crippen molar-refractivity contribution in [2.75, 3.05) is 30.5 Å². The Hall–Kier alpha value is -3.45. The van der Waals surface area contributed by atoms with Crippen molar-refractivity contribution in [1.29, 1.82) is 0 Å². The Kier molecular flexibility index (Phi) is 8.60. The lowest BCUT2D eigenvalue weighted by molar-refractivity contribution is -0.141. The quantitative estimate of drug-likeness (QED) is 0.432. The van der Waals surface area contributed by atoms with Crippen LogP contribution >= 0.6 is 23.1 Å². The Morgan fingerprint density at radius 1 is 1.24 bits per heavy atom. The number of benzene rings is 1. The molecule has 3 rings (SSSR count). The van der Waals surface area contributed by atoms with Gasteiger partial charge in [-0.2, -0.15) is 4.99 Å². The average molecular weight is 507 g/mol. The summed E-state index contributed by atoms with van der Waals surface area (Å²) in [5.41, 5.74) is 0.965. The van der Waals surface area contributed by atoms with Gasteiger partial charge < -0.3 is 23.9 Å². The third-order valence-electron chi connectivity index (χ3n) is 4.28. The van der Waals surface area contributed by atoms with Crippen molar-refractivity contribution >= 4 is 62.9 Å². The maximum absolute atomic E-state index is 12.5. The molecule has 2 amide bonds. The van der Waals surface area contributed by atoms with Gasteiger partial charge in [0.1, 0.15) is 12.3 Å². The summed E-state index contributed by atoms with van der Waals surface area (Å²) in [6.45, 7) is 3.50. The van der Waals surface area contributed by atoms with E-state index in [9.17, 15) is 19.2 Å². The smallest absolute Gasteiger partial charge is 0.338 e. The van der Waals surface area contributed by atoms with E-state index in [2.05, 4.69) is 15.5 Å². The maximum atomic E-state index is 12.5. The highest BCUT2D eigenvalue weighted by atomic mass is 32.2. The van der Waals surface area contributed by atoms with Crippen LogP contribution in [0.5, 0.6) is 0 Å². The number of thiazole rings is 1. The number of nitrogens with one attached hydrogen (secondary N) is 1. The molecule has 2 heterocycles. The van der Waals surface area contributed by atoms with E-state index in [1.54, 1.807) is 42.7 Å². The van der Waals surface area contributed by atoms with Crippen molar-refractivity contribution in [3.05, 3.63) is 40.4 Å². The number of hydrogen-bond donors (Lipinski definition) is 1. The number of carbonyl (C=O) groups is 4. The van der Waals surface area contributed by atoms with E-state index in [-0.39, 0.29) is 35.4 Å². The van der Waals surface area contributed by atoms with Gasteiger partial charge in [0.05, 0.1) is 41.0 Å². The monoisotopic (exact) mass is 506 g/mol. The van der Waals surface area contributed by atoms with Gasteiger partial charge in [-0.05, 0) is 32.0 Å². The number of fused-ring (bicyclic) bond motifs is 1. The van der Waals surface area contributed by atoms with E-state index in [1.807, 2.05) is 0 Å². The number of hydrogen-bond acceptors (Lipinski definition) is 10. The van der Waals surface area contributed by atoms with Gasteiger partial charge in [0.15, 0.2) is 10.6 Å². The van der Waals surface area contributed by atoms with Gasteiger partial charge in [0, 0.05) is 6.07 Å². The molecule has 0 aliphatic heterocycles. The van der Waals surface area contributed by atoms with Crippen LogP contribution in [0.15, 0.2) is 33.8 Å². The van der Waals surface area contributed by atoms with Crippen molar-refractivity contribution in [2.24, 2.45) is 4.99 Å². The van der Waals surface area contributed by atoms with Gasteiger partial charge >= 0.3 is 11.9 Å². The summed E-state index contributed by atoms with van der Waals surface area (Å²) < 4.78 is 16.8. The predicted octanol–water partition coefficient (Wildman–Crippen LogP) is 2.15. The van der Waals surface area contributed by atoms with Crippen molar-refractivity contribution in [3.8, 4) is 0 Å². The molecule has 0 saturated carbocycles. The summed E-state index contributed by atoms with van der Waals surface area (Å²) in [4.78, 5) is 52.8. The first kappa shape index (κ1) is 25.2. The molecule has 3 aromatic rings. The van der Waals surface area contributed by atoms with Crippen molar-refractivity contribution < 1.29 is 33.2 Å². The Balaban J connectivity index is 1.75. The van der Waals surface area contributed by atoms with Crippen LogP contribution in [0.2, 0.25) is 0 Å². The predicted molar refractivity (Wildman–Crippen MR) is 126 cm³/mol.